The largest absolute Gasteiger partial charge is 0.361 e. The fourth-order valence-electron chi connectivity index (χ4n) is 6.63. The molecule has 150 valence electrons. The summed E-state index contributed by atoms with van der Waals surface area (Å²) in [5.74, 6) is 2.68. The molecule has 4 aliphatic rings. The second kappa shape index (κ2) is 6.66. The number of anilines is 1. The van der Waals surface area contributed by atoms with Crippen molar-refractivity contribution in [2.75, 3.05) is 5.32 Å². The molecule has 2 aromatic heterocycles. The number of fused-ring (bicyclic) bond motifs is 1. The number of aromatic nitrogens is 3. The van der Waals surface area contributed by atoms with Gasteiger partial charge in [-0.3, -0.25) is 4.79 Å². The molecule has 1 aromatic carbocycles. The molecule has 2 N–H and O–H groups in total. The number of hydrogen-bond acceptors (Lipinski definition) is 4. The molecular weight excluding hydrogens is 380 g/mol. The lowest BCUT2D eigenvalue weighted by Gasteiger charge is -2.55. The second-order valence-corrected chi connectivity index (χ2v) is 10.5. The highest BCUT2D eigenvalue weighted by atomic mass is 32.1. The predicted molar refractivity (Wildman–Crippen MR) is 115 cm³/mol. The number of hydrogen-bond donors (Lipinski definition) is 2. The molecule has 4 aliphatic carbocycles. The van der Waals surface area contributed by atoms with Crippen molar-refractivity contribution >= 4 is 33.3 Å². The average Bonchev–Trinajstić information content (AvgIpc) is 3.33. The fraction of sp³-hybridized carbons (Fsp3) is 0.522. The highest BCUT2D eigenvalue weighted by Crippen LogP contribution is 2.61. The monoisotopic (exact) mass is 406 g/mol. The number of carbonyl (C=O) groups is 1. The van der Waals surface area contributed by atoms with Crippen LogP contribution >= 0.6 is 11.3 Å². The van der Waals surface area contributed by atoms with Gasteiger partial charge in [-0.25, -0.2) is 0 Å². The van der Waals surface area contributed by atoms with E-state index in [1.807, 2.05) is 18.3 Å². The summed E-state index contributed by atoms with van der Waals surface area (Å²) in [5, 5.41) is 14.9. The molecule has 0 atom stereocenters. The van der Waals surface area contributed by atoms with Gasteiger partial charge in [0.2, 0.25) is 11.0 Å². The quantitative estimate of drug-likeness (QED) is 0.622. The van der Waals surface area contributed by atoms with Gasteiger partial charge in [-0.05, 0) is 74.3 Å². The van der Waals surface area contributed by atoms with E-state index >= 15 is 0 Å². The first kappa shape index (κ1) is 17.6. The number of H-pyrrole nitrogens is 1. The summed E-state index contributed by atoms with van der Waals surface area (Å²) in [6.45, 7) is 0. The lowest BCUT2D eigenvalue weighted by Crippen LogP contribution is -2.48. The molecule has 0 aliphatic heterocycles. The molecule has 2 heterocycles. The van der Waals surface area contributed by atoms with E-state index in [0.29, 0.717) is 11.6 Å². The Hall–Kier alpha value is -2.21. The van der Waals surface area contributed by atoms with Crippen molar-refractivity contribution in [3.8, 4) is 0 Å². The van der Waals surface area contributed by atoms with E-state index in [4.69, 9.17) is 0 Å². The van der Waals surface area contributed by atoms with Crippen LogP contribution in [0.25, 0.3) is 10.9 Å². The third-order valence-corrected chi connectivity index (χ3v) is 8.54. The Kier molecular flexibility index (Phi) is 4.05. The highest BCUT2D eigenvalue weighted by molar-refractivity contribution is 7.15. The third-order valence-electron chi connectivity index (χ3n) is 7.46. The standard InChI is InChI=1S/C23H26N4OS/c28-20(6-5-17-13-24-19-4-2-1-3-18(17)19)25-22-27-26-21(29-22)23-10-14-7-15(11-23)9-16(8-14)12-23/h1-4,13-16,24H,5-12H2,(H,25,27,28). The minimum absolute atomic E-state index is 0.0171. The summed E-state index contributed by atoms with van der Waals surface area (Å²) in [4.78, 5) is 15.8. The Bertz CT molecular complexity index is 1030. The first-order valence-electron chi connectivity index (χ1n) is 10.9. The average molecular weight is 407 g/mol. The van der Waals surface area contributed by atoms with Crippen LogP contribution in [0.15, 0.2) is 30.5 Å². The summed E-state index contributed by atoms with van der Waals surface area (Å²) >= 11 is 1.62. The number of amides is 1. The van der Waals surface area contributed by atoms with Crippen LogP contribution in [0.2, 0.25) is 0 Å². The predicted octanol–water partition coefficient (Wildman–Crippen LogP) is 5.06. The van der Waals surface area contributed by atoms with Crippen LogP contribution in [-0.2, 0) is 16.6 Å². The van der Waals surface area contributed by atoms with Crippen molar-refractivity contribution in [1.82, 2.24) is 15.2 Å². The number of carbonyl (C=O) groups excluding carboxylic acids is 1. The zero-order valence-electron chi connectivity index (χ0n) is 16.5. The molecule has 0 spiro atoms. The van der Waals surface area contributed by atoms with E-state index in [9.17, 15) is 4.79 Å². The van der Waals surface area contributed by atoms with Crippen LogP contribution in [0.4, 0.5) is 5.13 Å². The van der Waals surface area contributed by atoms with Gasteiger partial charge in [-0.2, -0.15) is 0 Å². The number of rotatable bonds is 5. The van der Waals surface area contributed by atoms with Crippen LogP contribution < -0.4 is 5.32 Å². The summed E-state index contributed by atoms with van der Waals surface area (Å²) in [6, 6.07) is 8.22. The van der Waals surface area contributed by atoms with E-state index < -0.39 is 0 Å². The Labute approximate surface area is 174 Å². The van der Waals surface area contributed by atoms with Crippen LogP contribution in [-0.4, -0.2) is 21.1 Å². The zero-order valence-corrected chi connectivity index (χ0v) is 17.3. The Morgan fingerprint density at radius 2 is 1.83 bits per heavy atom. The van der Waals surface area contributed by atoms with Crippen molar-refractivity contribution < 1.29 is 4.79 Å². The summed E-state index contributed by atoms with van der Waals surface area (Å²) in [5.41, 5.74) is 2.55. The first-order chi connectivity index (χ1) is 14.2. The van der Waals surface area contributed by atoms with Gasteiger partial charge < -0.3 is 10.3 Å². The van der Waals surface area contributed by atoms with E-state index in [1.165, 1.54) is 54.5 Å². The van der Waals surface area contributed by atoms with Gasteiger partial charge in [-0.1, -0.05) is 29.5 Å². The first-order valence-corrected chi connectivity index (χ1v) is 11.7. The van der Waals surface area contributed by atoms with Crippen molar-refractivity contribution in [1.29, 1.82) is 0 Å². The van der Waals surface area contributed by atoms with E-state index in [0.717, 1.165) is 29.7 Å². The Morgan fingerprint density at radius 1 is 1.10 bits per heavy atom. The molecule has 4 bridgehead atoms. The highest BCUT2D eigenvalue weighted by Gasteiger charge is 2.53. The van der Waals surface area contributed by atoms with Crippen molar-refractivity contribution in [3.63, 3.8) is 0 Å². The smallest absolute Gasteiger partial charge is 0.226 e. The lowest BCUT2D eigenvalue weighted by molar-refractivity contribution is -0.116. The number of aromatic amines is 1. The zero-order chi connectivity index (χ0) is 19.4. The molecule has 3 aromatic rings. The Morgan fingerprint density at radius 3 is 2.59 bits per heavy atom. The van der Waals surface area contributed by atoms with Crippen LogP contribution in [0.3, 0.4) is 0 Å². The third kappa shape index (κ3) is 3.08. The SMILES string of the molecule is O=C(CCc1c[nH]c2ccccc12)Nc1nnc(C23CC4CC(CC(C4)C2)C3)s1. The number of aryl methyl sites for hydroxylation is 1. The van der Waals surface area contributed by atoms with Gasteiger partial charge in [0.05, 0.1) is 0 Å². The maximum atomic E-state index is 12.5. The van der Waals surface area contributed by atoms with Crippen molar-refractivity contribution in [2.45, 2.75) is 56.8 Å². The molecule has 4 fully saturated rings. The number of nitrogens with zero attached hydrogens (tertiary/aromatic N) is 2. The van der Waals surface area contributed by atoms with Gasteiger partial charge >= 0.3 is 0 Å². The van der Waals surface area contributed by atoms with E-state index in [-0.39, 0.29) is 11.3 Å². The van der Waals surface area contributed by atoms with Gasteiger partial charge in [0.25, 0.3) is 0 Å². The molecule has 0 unspecified atom stereocenters. The van der Waals surface area contributed by atoms with Gasteiger partial charge in [0, 0.05) is 28.9 Å². The number of para-hydroxylation sites is 1. The van der Waals surface area contributed by atoms with Crippen molar-refractivity contribution in [3.05, 3.63) is 41.0 Å². The summed E-state index contributed by atoms with van der Waals surface area (Å²) in [6.07, 6.45) is 11.3. The molecule has 5 nitrogen and oxygen atoms in total. The summed E-state index contributed by atoms with van der Waals surface area (Å²) < 4.78 is 0. The molecule has 1 amide bonds. The van der Waals surface area contributed by atoms with Crippen LogP contribution in [0.5, 0.6) is 0 Å². The van der Waals surface area contributed by atoms with Gasteiger partial charge in [-0.15, -0.1) is 10.2 Å². The number of nitrogens with one attached hydrogen (secondary N) is 2. The molecule has 0 saturated heterocycles. The van der Waals surface area contributed by atoms with Gasteiger partial charge in [0.15, 0.2) is 0 Å². The topological polar surface area (TPSA) is 70.7 Å². The second-order valence-electron chi connectivity index (χ2n) is 9.52. The molecule has 6 heteroatoms. The lowest BCUT2D eigenvalue weighted by atomic mass is 9.50. The molecule has 29 heavy (non-hydrogen) atoms. The van der Waals surface area contributed by atoms with Crippen LogP contribution in [0.1, 0.15) is 55.5 Å². The van der Waals surface area contributed by atoms with E-state index in [1.54, 1.807) is 11.3 Å². The van der Waals surface area contributed by atoms with E-state index in [2.05, 4.69) is 32.6 Å². The number of benzene rings is 1. The van der Waals surface area contributed by atoms with Crippen LogP contribution in [0, 0.1) is 17.8 Å². The Balaban J connectivity index is 1.12. The molecule has 7 rings (SSSR count). The maximum Gasteiger partial charge on any atom is 0.226 e. The minimum Gasteiger partial charge on any atom is -0.361 e. The van der Waals surface area contributed by atoms with Crippen molar-refractivity contribution in [2.24, 2.45) is 17.8 Å². The van der Waals surface area contributed by atoms with Gasteiger partial charge in [0.1, 0.15) is 5.01 Å². The summed E-state index contributed by atoms with van der Waals surface area (Å²) in [7, 11) is 0. The fourth-order valence-corrected chi connectivity index (χ4v) is 7.61. The maximum absolute atomic E-state index is 12.5. The molecule has 0 radical (unpaired) electrons. The molecule has 4 saturated carbocycles. The normalized spacial score (nSPS) is 30.1. The molecular formula is C23H26N4OS. The minimum atomic E-state index is 0.0171.